The molecule has 1 N–H and O–H groups in total. The second-order valence-corrected chi connectivity index (χ2v) is 8.44. The highest BCUT2D eigenvalue weighted by molar-refractivity contribution is 5.67. The summed E-state index contributed by atoms with van der Waals surface area (Å²) >= 11 is 0. The lowest BCUT2D eigenvalue weighted by Crippen LogP contribution is -2.41. The second-order valence-electron chi connectivity index (χ2n) is 8.44. The number of unbranched alkanes of at least 4 members (excludes halogenated alkanes) is 1. The Labute approximate surface area is 157 Å². The molecule has 0 aliphatic heterocycles. The molecule has 0 atom stereocenters. The van der Waals surface area contributed by atoms with Crippen molar-refractivity contribution in [3.63, 3.8) is 0 Å². The number of aromatic hydroxyl groups is 1. The van der Waals surface area contributed by atoms with Crippen molar-refractivity contribution in [3.8, 4) is 11.5 Å². The van der Waals surface area contributed by atoms with Crippen LogP contribution in [0.25, 0.3) is 5.76 Å². The first-order valence-electron chi connectivity index (χ1n) is 10.5. The van der Waals surface area contributed by atoms with E-state index < -0.39 is 0 Å². The summed E-state index contributed by atoms with van der Waals surface area (Å²) in [6.45, 7) is 5.56. The van der Waals surface area contributed by atoms with Gasteiger partial charge in [-0.15, -0.1) is 0 Å². The highest BCUT2D eigenvalue weighted by Gasteiger charge is 2.46. The maximum absolute atomic E-state index is 10.3. The highest BCUT2D eigenvalue weighted by atomic mass is 16.5. The van der Waals surface area contributed by atoms with Gasteiger partial charge in [0, 0.05) is 11.6 Å². The zero-order valence-corrected chi connectivity index (χ0v) is 16.2. The van der Waals surface area contributed by atoms with E-state index in [1.54, 1.807) is 6.07 Å². The quantitative estimate of drug-likeness (QED) is 0.497. The van der Waals surface area contributed by atoms with Crippen molar-refractivity contribution < 1.29 is 14.6 Å². The molecule has 1 aromatic carbocycles. The van der Waals surface area contributed by atoms with Crippen molar-refractivity contribution in [2.75, 3.05) is 13.2 Å². The minimum absolute atomic E-state index is 0.260. The predicted octanol–water partition coefficient (Wildman–Crippen LogP) is 5.77. The first-order valence-corrected chi connectivity index (χ1v) is 10.5. The fraction of sp³-hybridized carbons (Fsp3) is 0.652. The summed E-state index contributed by atoms with van der Waals surface area (Å²) in [5.41, 5.74) is 2.52. The molecule has 4 aliphatic carbocycles. The van der Waals surface area contributed by atoms with E-state index >= 15 is 0 Å². The molecular formula is C23H32O3. The standard InChI is InChI=1S/C23H32O3/c1-3-5-6-26-21-13-19(12-20(24)14-21)23(25-4-2)22-17-8-15-7-16(10-17)11-18(22)9-15/h12-18,24H,3-11H2,1-2H3. The number of phenols is 1. The van der Waals surface area contributed by atoms with Crippen LogP contribution in [0, 0.1) is 23.7 Å². The fourth-order valence-corrected chi connectivity index (χ4v) is 5.67. The predicted molar refractivity (Wildman–Crippen MR) is 104 cm³/mol. The third-order valence-corrected chi connectivity index (χ3v) is 6.49. The molecule has 5 rings (SSSR count). The zero-order valence-electron chi connectivity index (χ0n) is 16.2. The van der Waals surface area contributed by atoms with Crippen molar-refractivity contribution >= 4 is 5.76 Å². The maximum atomic E-state index is 10.3. The topological polar surface area (TPSA) is 38.7 Å². The molecule has 0 unspecified atom stereocenters. The van der Waals surface area contributed by atoms with E-state index in [0.29, 0.717) is 25.0 Å². The van der Waals surface area contributed by atoms with Crippen LogP contribution in [0.1, 0.15) is 64.4 Å². The molecule has 1 aromatic rings. The average Bonchev–Trinajstić information content (AvgIpc) is 2.60. The van der Waals surface area contributed by atoms with Crippen LogP contribution < -0.4 is 4.74 Å². The largest absolute Gasteiger partial charge is 0.508 e. The molecule has 3 heteroatoms. The Balaban J connectivity index is 1.68. The summed E-state index contributed by atoms with van der Waals surface area (Å²) in [6, 6.07) is 5.61. The molecule has 142 valence electrons. The molecule has 0 radical (unpaired) electrons. The van der Waals surface area contributed by atoms with Gasteiger partial charge in [-0.2, -0.15) is 0 Å². The minimum Gasteiger partial charge on any atom is -0.508 e. The summed E-state index contributed by atoms with van der Waals surface area (Å²) in [5, 5.41) is 10.3. The summed E-state index contributed by atoms with van der Waals surface area (Å²) in [7, 11) is 0. The first kappa shape index (κ1) is 17.8. The molecule has 0 saturated heterocycles. The minimum atomic E-state index is 0.260. The summed E-state index contributed by atoms with van der Waals surface area (Å²) in [6.07, 6.45) is 8.90. The van der Waals surface area contributed by atoms with Gasteiger partial charge in [-0.3, -0.25) is 0 Å². The molecule has 0 spiro atoms. The number of hydrogen-bond acceptors (Lipinski definition) is 3. The summed E-state index contributed by atoms with van der Waals surface area (Å²) < 4.78 is 12.1. The first-order chi connectivity index (χ1) is 12.7. The Morgan fingerprint density at radius 3 is 2.31 bits per heavy atom. The average molecular weight is 357 g/mol. The van der Waals surface area contributed by atoms with E-state index in [-0.39, 0.29) is 5.75 Å². The van der Waals surface area contributed by atoms with Crippen LogP contribution in [0.2, 0.25) is 0 Å². The highest BCUT2D eigenvalue weighted by Crippen LogP contribution is 2.58. The molecule has 4 aliphatic rings. The Bertz CT molecular complexity index is 646. The Kier molecular flexibility index (Phi) is 5.15. The van der Waals surface area contributed by atoms with Gasteiger partial charge in [0.1, 0.15) is 17.3 Å². The second kappa shape index (κ2) is 7.54. The zero-order chi connectivity index (χ0) is 18.1. The summed E-state index contributed by atoms with van der Waals surface area (Å²) in [4.78, 5) is 0. The van der Waals surface area contributed by atoms with E-state index in [2.05, 4.69) is 19.9 Å². The molecule has 4 saturated carbocycles. The van der Waals surface area contributed by atoms with E-state index in [4.69, 9.17) is 9.47 Å². The van der Waals surface area contributed by atoms with Crippen LogP contribution in [-0.2, 0) is 4.74 Å². The number of hydrogen-bond donors (Lipinski definition) is 1. The van der Waals surface area contributed by atoms with E-state index in [9.17, 15) is 5.11 Å². The van der Waals surface area contributed by atoms with Crippen LogP contribution in [-0.4, -0.2) is 18.3 Å². The molecule has 26 heavy (non-hydrogen) atoms. The maximum Gasteiger partial charge on any atom is 0.126 e. The molecule has 0 heterocycles. The number of phenolic OH excluding ortho intramolecular Hbond substituents is 1. The van der Waals surface area contributed by atoms with Crippen LogP contribution >= 0.6 is 0 Å². The third kappa shape index (κ3) is 3.45. The van der Waals surface area contributed by atoms with Crippen LogP contribution in [0.5, 0.6) is 11.5 Å². The van der Waals surface area contributed by atoms with Crippen LogP contribution in [0.3, 0.4) is 0 Å². The van der Waals surface area contributed by atoms with Crippen molar-refractivity contribution in [2.24, 2.45) is 23.7 Å². The number of allylic oxidation sites excluding steroid dienone is 1. The van der Waals surface area contributed by atoms with Gasteiger partial charge in [0.2, 0.25) is 0 Å². The van der Waals surface area contributed by atoms with E-state index in [0.717, 1.165) is 41.7 Å². The lowest BCUT2D eigenvalue weighted by atomic mass is 9.54. The normalized spacial score (nSPS) is 29.1. The molecule has 3 nitrogen and oxygen atoms in total. The van der Waals surface area contributed by atoms with Gasteiger partial charge in [0.15, 0.2) is 0 Å². The van der Waals surface area contributed by atoms with Gasteiger partial charge in [0.05, 0.1) is 13.2 Å². The van der Waals surface area contributed by atoms with Gasteiger partial charge < -0.3 is 14.6 Å². The monoisotopic (exact) mass is 356 g/mol. The smallest absolute Gasteiger partial charge is 0.126 e. The van der Waals surface area contributed by atoms with Crippen molar-refractivity contribution in [1.29, 1.82) is 0 Å². The number of ether oxygens (including phenoxy) is 2. The Morgan fingerprint density at radius 1 is 1.00 bits per heavy atom. The van der Waals surface area contributed by atoms with E-state index in [1.165, 1.54) is 37.7 Å². The lowest BCUT2D eigenvalue weighted by Gasteiger charge is -2.51. The van der Waals surface area contributed by atoms with Gasteiger partial charge in [0.25, 0.3) is 0 Å². The molecule has 4 fully saturated rings. The molecule has 4 bridgehead atoms. The van der Waals surface area contributed by atoms with Crippen LogP contribution in [0.15, 0.2) is 23.8 Å². The van der Waals surface area contributed by atoms with Crippen molar-refractivity contribution in [3.05, 3.63) is 29.3 Å². The lowest BCUT2D eigenvalue weighted by molar-refractivity contribution is 0.0668. The fourth-order valence-electron chi connectivity index (χ4n) is 5.67. The summed E-state index contributed by atoms with van der Waals surface area (Å²) in [5.74, 6) is 5.25. The Morgan fingerprint density at radius 2 is 1.69 bits per heavy atom. The van der Waals surface area contributed by atoms with Gasteiger partial charge >= 0.3 is 0 Å². The van der Waals surface area contributed by atoms with Gasteiger partial charge in [-0.1, -0.05) is 13.3 Å². The molecule has 0 aromatic heterocycles. The molecular weight excluding hydrogens is 324 g/mol. The Hall–Kier alpha value is -1.64. The SMILES string of the molecule is CCCCOc1cc(O)cc(C(OCC)=C2C3CC4CC(C3)CC2C4)c1. The number of benzene rings is 1. The van der Waals surface area contributed by atoms with Crippen molar-refractivity contribution in [2.45, 2.75) is 58.8 Å². The van der Waals surface area contributed by atoms with E-state index in [1.807, 2.05) is 6.07 Å². The molecule has 0 amide bonds. The van der Waals surface area contributed by atoms with Gasteiger partial charge in [-0.05, 0) is 86.8 Å². The third-order valence-electron chi connectivity index (χ3n) is 6.49. The number of rotatable bonds is 7. The van der Waals surface area contributed by atoms with Crippen LogP contribution in [0.4, 0.5) is 0 Å². The van der Waals surface area contributed by atoms with Crippen molar-refractivity contribution in [1.82, 2.24) is 0 Å². The van der Waals surface area contributed by atoms with Gasteiger partial charge in [-0.25, -0.2) is 0 Å².